The van der Waals surface area contributed by atoms with Crippen molar-refractivity contribution in [1.29, 1.82) is 0 Å². The molecule has 0 aliphatic carbocycles. The van der Waals surface area contributed by atoms with Gasteiger partial charge in [0.25, 0.3) is 5.91 Å². The van der Waals surface area contributed by atoms with E-state index >= 15 is 0 Å². The van der Waals surface area contributed by atoms with E-state index in [1.54, 1.807) is 0 Å². The first-order valence-electron chi connectivity index (χ1n) is 5.78. The number of hydrogen-bond acceptors (Lipinski definition) is 1. The fourth-order valence-electron chi connectivity index (χ4n) is 1.87. The summed E-state index contributed by atoms with van der Waals surface area (Å²) in [4.78, 5) is 10.6. The number of alkyl halides is 2. The van der Waals surface area contributed by atoms with Crippen LogP contribution < -0.4 is 5.32 Å². The molecule has 0 atom stereocenters. The third-order valence-electron chi connectivity index (χ3n) is 2.75. The van der Waals surface area contributed by atoms with Crippen LogP contribution in [-0.4, -0.2) is 23.4 Å². The van der Waals surface area contributed by atoms with Crippen LogP contribution in [-0.2, 0) is 11.3 Å². The van der Waals surface area contributed by atoms with Crippen molar-refractivity contribution in [2.45, 2.75) is 19.4 Å². The molecule has 5 heteroatoms. The normalized spacial score (nSPS) is 11.1. The zero-order chi connectivity index (χ0) is 13.0. The molecule has 2 aromatic rings. The maximum absolute atomic E-state index is 11.9. The summed E-state index contributed by atoms with van der Waals surface area (Å²) >= 11 is 0. The molecule has 0 aliphatic heterocycles. The molecule has 1 aromatic carbocycles. The molecule has 0 saturated carbocycles. The number of carbonyl (C=O) groups excluding carboxylic acids is 1. The summed E-state index contributed by atoms with van der Waals surface area (Å²) in [5.74, 6) is -1.20. The molecular weight excluding hydrogens is 238 g/mol. The van der Waals surface area contributed by atoms with Gasteiger partial charge in [-0.3, -0.25) is 4.79 Å². The SMILES string of the molecule is O=C(NCCCn1ccc2ccccc21)C(F)F. The van der Waals surface area contributed by atoms with Crippen LogP contribution in [0.25, 0.3) is 10.9 Å². The van der Waals surface area contributed by atoms with Gasteiger partial charge >= 0.3 is 6.43 Å². The number of aryl methyl sites for hydroxylation is 1. The van der Waals surface area contributed by atoms with Crippen LogP contribution in [0.3, 0.4) is 0 Å². The van der Waals surface area contributed by atoms with Crippen LogP contribution in [0.2, 0.25) is 0 Å². The summed E-state index contributed by atoms with van der Waals surface area (Å²) in [5.41, 5.74) is 1.11. The largest absolute Gasteiger partial charge is 0.351 e. The number of rotatable bonds is 5. The minimum atomic E-state index is -2.93. The molecule has 1 N–H and O–H groups in total. The number of amides is 1. The monoisotopic (exact) mass is 252 g/mol. The van der Waals surface area contributed by atoms with Gasteiger partial charge < -0.3 is 9.88 Å². The maximum Gasteiger partial charge on any atom is 0.315 e. The van der Waals surface area contributed by atoms with Crippen molar-refractivity contribution in [3.05, 3.63) is 36.5 Å². The van der Waals surface area contributed by atoms with E-state index in [2.05, 4.69) is 5.32 Å². The first-order valence-corrected chi connectivity index (χ1v) is 5.78. The fourth-order valence-corrected chi connectivity index (χ4v) is 1.87. The van der Waals surface area contributed by atoms with E-state index in [1.807, 2.05) is 41.1 Å². The van der Waals surface area contributed by atoms with Crippen molar-refractivity contribution in [1.82, 2.24) is 9.88 Å². The highest BCUT2D eigenvalue weighted by Crippen LogP contribution is 2.15. The van der Waals surface area contributed by atoms with E-state index in [4.69, 9.17) is 0 Å². The average Bonchev–Trinajstić information content (AvgIpc) is 2.77. The van der Waals surface area contributed by atoms with Crippen LogP contribution in [0.4, 0.5) is 8.78 Å². The Bertz CT molecular complexity index is 537. The number of halogens is 2. The summed E-state index contributed by atoms with van der Waals surface area (Å²) in [6.45, 7) is 0.951. The molecule has 0 unspecified atom stereocenters. The van der Waals surface area contributed by atoms with Crippen LogP contribution in [0, 0.1) is 0 Å². The molecule has 18 heavy (non-hydrogen) atoms. The smallest absolute Gasteiger partial charge is 0.315 e. The molecule has 1 amide bonds. The molecule has 0 aliphatic rings. The van der Waals surface area contributed by atoms with Crippen LogP contribution in [0.5, 0.6) is 0 Å². The Balaban J connectivity index is 1.85. The third-order valence-corrected chi connectivity index (χ3v) is 2.75. The second kappa shape index (κ2) is 5.62. The lowest BCUT2D eigenvalue weighted by atomic mass is 10.2. The molecule has 0 saturated heterocycles. The maximum atomic E-state index is 11.9. The van der Waals surface area contributed by atoms with Gasteiger partial charge in [0, 0.05) is 24.8 Å². The summed E-state index contributed by atoms with van der Waals surface area (Å²) in [6.07, 6.45) is -0.353. The van der Waals surface area contributed by atoms with Gasteiger partial charge in [-0.15, -0.1) is 0 Å². The Morgan fingerprint density at radius 2 is 2.06 bits per heavy atom. The van der Waals surface area contributed by atoms with Crippen molar-refractivity contribution in [3.63, 3.8) is 0 Å². The second-order valence-corrected chi connectivity index (χ2v) is 4.01. The van der Waals surface area contributed by atoms with Gasteiger partial charge in [-0.2, -0.15) is 8.78 Å². The Labute approximate surface area is 103 Å². The van der Waals surface area contributed by atoms with E-state index in [1.165, 1.54) is 0 Å². The Hall–Kier alpha value is -1.91. The molecule has 2 rings (SSSR count). The molecule has 1 heterocycles. The molecule has 0 bridgehead atoms. The standard InChI is InChI=1S/C13H14F2N2O/c14-12(15)13(18)16-7-3-8-17-9-6-10-4-1-2-5-11(10)17/h1-2,4-6,9,12H,3,7-8H2,(H,16,18). The van der Waals surface area contributed by atoms with Crippen molar-refractivity contribution < 1.29 is 13.6 Å². The second-order valence-electron chi connectivity index (χ2n) is 4.01. The lowest BCUT2D eigenvalue weighted by Gasteiger charge is -2.06. The summed E-state index contributed by atoms with van der Waals surface area (Å²) in [7, 11) is 0. The predicted octanol–water partition coefficient (Wildman–Crippen LogP) is 2.41. The van der Waals surface area contributed by atoms with E-state index in [0.29, 0.717) is 13.0 Å². The molecule has 96 valence electrons. The predicted molar refractivity (Wildman–Crippen MR) is 65.6 cm³/mol. The van der Waals surface area contributed by atoms with Gasteiger partial charge in [-0.25, -0.2) is 0 Å². The van der Waals surface area contributed by atoms with Gasteiger partial charge in [0.1, 0.15) is 0 Å². The van der Waals surface area contributed by atoms with Gasteiger partial charge in [0.05, 0.1) is 0 Å². The van der Waals surface area contributed by atoms with E-state index in [-0.39, 0.29) is 6.54 Å². The lowest BCUT2D eigenvalue weighted by molar-refractivity contribution is -0.131. The molecule has 0 fully saturated rings. The topological polar surface area (TPSA) is 34.0 Å². The van der Waals surface area contributed by atoms with Crippen LogP contribution in [0.1, 0.15) is 6.42 Å². The van der Waals surface area contributed by atoms with Gasteiger partial charge in [-0.05, 0) is 23.9 Å². The number of benzene rings is 1. The number of fused-ring (bicyclic) bond motifs is 1. The van der Waals surface area contributed by atoms with Crippen molar-refractivity contribution in [3.8, 4) is 0 Å². The zero-order valence-corrected chi connectivity index (χ0v) is 9.77. The first-order chi connectivity index (χ1) is 8.68. The molecule has 1 aromatic heterocycles. The first kappa shape index (κ1) is 12.5. The molecular formula is C13H14F2N2O. The van der Waals surface area contributed by atoms with Crippen LogP contribution >= 0.6 is 0 Å². The van der Waals surface area contributed by atoms with Gasteiger partial charge in [-0.1, -0.05) is 18.2 Å². The Kier molecular flexibility index (Phi) is 3.92. The van der Waals surface area contributed by atoms with E-state index in [9.17, 15) is 13.6 Å². The third kappa shape index (κ3) is 2.85. The number of nitrogens with one attached hydrogen (secondary N) is 1. The highest BCUT2D eigenvalue weighted by Gasteiger charge is 2.13. The van der Waals surface area contributed by atoms with E-state index < -0.39 is 12.3 Å². The average molecular weight is 252 g/mol. The minimum Gasteiger partial charge on any atom is -0.351 e. The van der Waals surface area contributed by atoms with Crippen molar-refractivity contribution >= 4 is 16.8 Å². The van der Waals surface area contributed by atoms with Gasteiger partial charge in [0.2, 0.25) is 0 Å². The summed E-state index contributed by atoms with van der Waals surface area (Å²) in [5, 5.41) is 3.34. The lowest BCUT2D eigenvalue weighted by Crippen LogP contribution is -2.30. The summed E-state index contributed by atoms with van der Waals surface area (Å²) < 4.78 is 25.9. The number of hydrogen-bond donors (Lipinski definition) is 1. The Morgan fingerprint density at radius 1 is 1.28 bits per heavy atom. The molecule has 3 nitrogen and oxygen atoms in total. The van der Waals surface area contributed by atoms with Gasteiger partial charge in [0.15, 0.2) is 0 Å². The van der Waals surface area contributed by atoms with Crippen molar-refractivity contribution in [2.75, 3.05) is 6.54 Å². The molecule has 0 spiro atoms. The quantitative estimate of drug-likeness (QED) is 0.815. The van der Waals surface area contributed by atoms with E-state index in [0.717, 1.165) is 10.9 Å². The zero-order valence-electron chi connectivity index (χ0n) is 9.77. The number of carbonyl (C=O) groups is 1. The fraction of sp³-hybridized carbons (Fsp3) is 0.308. The van der Waals surface area contributed by atoms with Crippen LogP contribution in [0.15, 0.2) is 36.5 Å². The number of para-hydroxylation sites is 1. The minimum absolute atomic E-state index is 0.260. The summed E-state index contributed by atoms with van der Waals surface area (Å²) in [6, 6.07) is 9.96. The number of nitrogens with zero attached hydrogens (tertiary/aromatic N) is 1. The highest BCUT2D eigenvalue weighted by molar-refractivity contribution is 5.80. The van der Waals surface area contributed by atoms with Crippen molar-refractivity contribution in [2.24, 2.45) is 0 Å². The molecule has 0 radical (unpaired) electrons. The Morgan fingerprint density at radius 3 is 2.83 bits per heavy atom. The number of aromatic nitrogens is 1. The highest BCUT2D eigenvalue weighted by atomic mass is 19.3.